The molecule has 0 unspecified atom stereocenters. The molecule has 0 aliphatic rings. The van der Waals surface area contributed by atoms with Crippen LogP contribution >= 0.6 is 0 Å². The maximum Gasteiger partial charge on any atom is 0.151 e. The molecular weight excluding hydrogens is 510 g/mol. The summed E-state index contributed by atoms with van der Waals surface area (Å²) in [6.07, 6.45) is 0. The highest BCUT2D eigenvalue weighted by Gasteiger charge is 2.22. The molecule has 0 saturated heterocycles. The minimum absolute atomic E-state index is 0.983. The van der Waals surface area contributed by atoms with Crippen LogP contribution < -0.4 is 0 Å². The second kappa shape index (κ2) is 8.92. The predicted octanol–water partition coefficient (Wildman–Crippen LogP) is 10.1. The van der Waals surface area contributed by atoms with Crippen LogP contribution in [-0.4, -0.2) is 14.0 Å². The van der Waals surface area contributed by atoms with Gasteiger partial charge in [0.2, 0.25) is 0 Å². The Morgan fingerprint density at radius 1 is 0.405 bits per heavy atom. The highest BCUT2D eigenvalue weighted by molar-refractivity contribution is 6.16. The summed E-state index contributed by atoms with van der Waals surface area (Å²) in [5.74, 6) is 0. The van der Waals surface area contributed by atoms with Crippen LogP contribution in [0, 0.1) is 0 Å². The van der Waals surface area contributed by atoms with Gasteiger partial charge in [0, 0.05) is 21.8 Å². The number of imidazole rings is 1. The molecule has 42 heavy (non-hydrogen) atoms. The zero-order valence-corrected chi connectivity index (χ0v) is 22.8. The van der Waals surface area contributed by atoms with E-state index in [1.165, 1.54) is 33.0 Å². The third kappa shape index (κ3) is 3.31. The molecule has 0 spiro atoms. The van der Waals surface area contributed by atoms with Crippen LogP contribution in [0.4, 0.5) is 0 Å². The maximum atomic E-state index is 5.37. The predicted molar refractivity (Wildman–Crippen MR) is 175 cm³/mol. The number of hydrogen-bond donors (Lipinski definition) is 0. The SMILES string of the molecule is c1ccc(-c2cc(-c3ccccc3)cc(-n3c4ccccc4c4nc5c6ccccc6c6ccccc6n5c43)c2)cc1. The van der Waals surface area contributed by atoms with Crippen molar-refractivity contribution in [2.45, 2.75) is 0 Å². The van der Waals surface area contributed by atoms with E-state index in [1.54, 1.807) is 0 Å². The molecule has 0 bridgehead atoms. The van der Waals surface area contributed by atoms with Crippen LogP contribution in [0.25, 0.3) is 77.3 Å². The average molecular weight is 536 g/mol. The van der Waals surface area contributed by atoms with E-state index in [0.29, 0.717) is 0 Å². The average Bonchev–Trinajstić information content (AvgIpc) is 3.61. The van der Waals surface area contributed by atoms with E-state index in [4.69, 9.17) is 4.98 Å². The Morgan fingerprint density at radius 2 is 0.929 bits per heavy atom. The molecule has 3 heteroatoms. The molecule has 196 valence electrons. The summed E-state index contributed by atoms with van der Waals surface area (Å²) in [6, 6.07) is 54.2. The topological polar surface area (TPSA) is 22.2 Å². The van der Waals surface area contributed by atoms with Gasteiger partial charge in [0.1, 0.15) is 11.2 Å². The Labute approximate surface area is 242 Å². The molecule has 3 nitrogen and oxygen atoms in total. The summed E-state index contributed by atoms with van der Waals surface area (Å²) < 4.78 is 4.77. The third-order valence-corrected chi connectivity index (χ3v) is 8.46. The normalized spacial score (nSPS) is 11.8. The van der Waals surface area contributed by atoms with Crippen molar-refractivity contribution in [2.75, 3.05) is 0 Å². The van der Waals surface area contributed by atoms with Crippen LogP contribution in [0.3, 0.4) is 0 Å². The lowest BCUT2D eigenvalue weighted by molar-refractivity contribution is 1.12. The highest BCUT2D eigenvalue weighted by Crippen LogP contribution is 2.39. The first-order valence-electron chi connectivity index (χ1n) is 14.3. The van der Waals surface area contributed by atoms with Crippen molar-refractivity contribution in [1.29, 1.82) is 0 Å². The van der Waals surface area contributed by atoms with Crippen LogP contribution in [0.15, 0.2) is 152 Å². The minimum atomic E-state index is 0.983. The molecule has 0 radical (unpaired) electrons. The number of rotatable bonds is 3. The Hall–Kier alpha value is -5.67. The number of aromatic nitrogens is 3. The van der Waals surface area contributed by atoms with Crippen molar-refractivity contribution in [2.24, 2.45) is 0 Å². The van der Waals surface area contributed by atoms with Crippen LogP contribution in [0.1, 0.15) is 0 Å². The molecular formula is C39H25N3. The van der Waals surface area contributed by atoms with Crippen molar-refractivity contribution in [1.82, 2.24) is 14.0 Å². The first-order chi connectivity index (χ1) is 20.8. The van der Waals surface area contributed by atoms with Gasteiger partial charge >= 0.3 is 0 Å². The number of hydrogen-bond acceptors (Lipinski definition) is 1. The largest absolute Gasteiger partial charge is 0.294 e. The number of fused-ring (bicyclic) bond motifs is 10. The van der Waals surface area contributed by atoms with E-state index in [1.807, 2.05) is 0 Å². The van der Waals surface area contributed by atoms with Crippen LogP contribution in [0.5, 0.6) is 0 Å². The minimum Gasteiger partial charge on any atom is -0.294 e. The molecule has 0 aliphatic carbocycles. The summed E-state index contributed by atoms with van der Waals surface area (Å²) in [4.78, 5) is 5.37. The van der Waals surface area contributed by atoms with Gasteiger partial charge in [-0.2, -0.15) is 0 Å². The molecule has 0 atom stereocenters. The number of benzene rings is 6. The summed E-state index contributed by atoms with van der Waals surface area (Å²) in [5, 5.41) is 4.75. The van der Waals surface area contributed by atoms with Crippen molar-refractivity contribution >= 4 is 49.4 Å². The lowest BCUT2D eigenvalue weighted by Gasteiger charge is -2.15. The molecule has 3 heterocycles. The number of para-hydroxylation sites is 2. The lowest BCUT2D eigenvalue weighted by atomic mass is 9.98. The fourth-order valence-electron chi connectivity index (χ4n) is 6.60. The molecule has 0 aliphatic heterocycles. The highest BCUT2D eigenvalue weighted by atomic mass is 15.2. The van der Waals surface area contributed by atoms with Gasteiger partial charge in [0.25, 0.3) is 0 Å². The summed E-state index contributed by atoms with van der Waals surface area (Å²) in [5.41, 5.74) is 11.2. The lowest BCUT2D eigenvalue weighted by Crippen LogP contribution is -2.00. The van der Waals surface area contributed by atoms with E-state index in [-0.39, 0.29) is 0 Å². The van der Waals surface area contributed by atoms with Gasteiger partial charge in [-0.15, -0.1) is 0 Å². The zero-order chi connectivity index (χ0) is 27.6. The van der Waals surface area contributed by atoms with Gasteiger partial charge in [0.15, 0.2) is 5.65 Å². The molecule has 6 aromatic carbocycles. The van der Waals surface area contributed by atoms with E-state index in [2.05, 4.69) is 161 Å². The fraction of sp³-hybridized carbons (Fsp3) is 0. The second-order valence-corrected chi connectivity index (χ2v) is 10.9. The molecule has 0 amide bonds. The Balaban J connectivity index is 1.48. The first kappa shape index (κ1) is 23.1. The molecule has 0 saturated carbocycles. The van der Waals surface area contributed by atoms with E-state index < -0.39 is 0 Å². The first-order valence-corrected chi connectivity index (χ1v) is 14.3. The Morgan fingerprint density at radius 3 is 1.60 bits per heavy atom. The van der Waals surface area contributed by atoms with E-state index in [9.17, 15) is 0 Å². The molecule has 9 aromatic rings. The molecule has 0 N–H and O–H groups in total. The van der Waals surface area contributed by atoms with Gasteiger partial charge in [0.05, 0.1) is 11.0 Å². The Bertz CT molecular complexity index is 2390. The van der Waals surface area contributed by atoms with Gasteiger partial charge in [-0.3, -0.25) is 8.97 Å². The summed E-state index contributed by atoms with van der Waals surface area (Å²) >= 11 is 0. The van der Waals surface area contributed by atoms with Crippen LogP contribution in [0.2, 0.25) is 0 Å². The monoisotopic (exact) mass is 535 g/mol. The van der Waals surface area contributed by atoms with Gasteiger partial charge < -0.3 is 0 Å². The van der Waals surface area contributed by atoms with Crippen molar-refractivity contribution in [3.63, 3.8) is 0 Å². The quantitative estimate of drug-likeness (QED) is 0.206. The smallest absolute Gasteiger partial charge is 0.151 e. The number of pyridine rings is 1. The standard InChI is InChI=1S/C39H25N3/c1-3-13-26(14-4-1)28-23-29(27-15-5-2-6-16-27)25-30(24-28)41-36-22-12-10-20-34(36)37-39(41)42-35-21-11-9-18-32(35)31-17-7-8-19-33(31)38(42)40-37/h1-25H. The second-order valence-electron chi connectivity index (χ2n) is 10.9. The van der Waals surface area contributed by atoms with Gasteiger partial charge in [-0.1, -0.05) is 121 Å². The van der Waals surface area contributed by atoms with E-state index >= 15 is 0 Å². The third-order valence-electron chi connectivity index (χ3n) is 8.46. The fourth-order valence-corrected chi connectivity index (χ4v) is 6.60. The van der Waals surface area contributed by atoms with Gasteiger partial charge in [-0.05, 0) is 58.0 Å². The maximum absolute atomic E-state index is 5.37. The van der Waals surface area contributed by atoms with Crippen molar-refractivity contribution in [3.8, 4) is 27.9 Å². The molecule has 9 rings (SSSR count). The zero-order valence-electron chi connectivity index (χ0n) is 22.8. The molecule has 3 aromatic heterocycles. The Kier molecular flexibility index (Phi) is 4.90. The van der Waals surface area contributed by atoms with Gasteiger partial charge in [-0.25, -0.2) is 4.98 Å². The van der Waals surface area contributed by atoms with Crippen molar-refractivity contribution < 1.29 is 0 Å². The van der Waals surface area contributed by atoms with Crippen LogP contribution in [-0.2, 0) is 0 Å². The number of nitrogens with zero attached hydrogens (tertiary/aromatic N) is 3. The van der Waals surface area contributed by atoms with E-state index in [0.717, 1.165) is 44.3 Å². The van der Waals surface area contributed by atoms with Crippen molar-refractivity contribution in [3.05, 3.63) is 152 Å². The summed E-state index contributed by atoms with van der Waals surface area (Å²) in [7, 11) is 0. The summed E-state index contributed by atoms with van der Waals surface area (Å²) in [6.45, 7) is 0. The molecule has 0 fully saturated rings.